The predicted molar refractivity (Wildman–Crippen MR) is 80.6 cm³/mol. The number of halogens is 1. The molecule has 0 amide bonds. The average Bonchev–Trinajstić information content (AvgIpc) is 2.60. The van der Waals surface area contributed by atoms with Crippen molar-refractivity contribution in [3.05, 3.63) is 34.2 Å². The van der Waals surface area contributed by atoms with E-state index in [9.17, 15) is 0 Å². The maximum absolute atomic E-state index is 6.34. The molecule has 0 radical (unpaired) electrons. The van der Waals surface area contributed by atoms with Crippen LogP contribution in [0.4, 0.5) is 0 Å². The molecule has 0 spiro atoms. The smallest absolute Gasteiger partial charge is 0.0496 e. The maximum atomic E-state index is 6.34. The highest BCUT2D eigenvalue weighted by Gasteiger charge is 2.13. The zero-order valence-corrected chi connectivity index (χ0v) is 12.1. The number of nitrogens with zero attached hydrogens (tertiary/aromatic N) is 1. The molecule has 1 aliphatic heterocycles. The third kappa shape index (κ3) is 2.56. The van der Waals surface area contributed by atoms with Gasteiger partial charge in [-0.2, -0.15) is 0 Å². The highest BCUT2D eigenvalue weighted by atomic mass is 35.5. The van der Waals surface area contributed by atoms with Crippen molar-refractivity contribution >= 4 is 33.0 Å². The summed E-state index contributed by atoms with van der Waals surface area (Å²) in [4.78, 5) is 2.58. The fraction of sp³-hybridized carbons (Fsp3) is 0.467. The van der Waals surface area contributed by atoms with Gasteiger partial charge in [-0.05, 0) is 49.0 Å². The summed E-state index contributed by atoms with van der Waals surface area (Å²) >= 11 is 8.15. The van der Waals surface area contributed by atoms with E-state index in [2.05, 4.69) is 16.3 Å². The van der Waals surface area contributed by atoms with Gasteiger partial charge in [-0.25, -0.2) is 0 Å². The van der Waals surface area contributed by atoms with E-state index in [1.807, 2.05) is 23.5 Å². The third-order valence-corrected chi connectivity index (χ3v) is 5.03. The maximum Gasteiger partial charge on any atom is 0.0496 e. The largest absolute Gasteiger partial charge is 0.299 e. The second-order valence-electron chi connectivity index (χ2n) is 5.06. The SMILES string of the molecule is Clc1cccc2scc(CN3CCCCCC3)c12. The number of rotatable bonds is 2. The van der Waals surface area contributed by atoms with Crippen LogP contribution in [0.1, 0.15) is 31.2 Å². The van der Waals surface area contributed by atoms with Crippen LogP contribution < -0.4 is 0 Å². The molecule has 0 atom stereocenters. The van der Waals surface area contributed by atoms with E-state index in [-0.39, 0.29) is 0 Å². The quantitative estimate of drug-likeness (QED) is 0.753. The van der Waals surface area contributed by atoms with E-state index in [0.717, 1.165) is 11.6 Å². The predicted octanol–water partition coefficient (Wildman–Crippen LogP) is 4.93. The lowest BCUT2D eigenvalue weighted by Gasteiger charge is -2.19. The van der Waals surface area contributed by atoms with Gasteiger partial charge in [-0.3, -0.25) is 4.90 Å². The Labute approximate surface area is 117 Å². The summed E-state index contributed by atoms with van der Waals surface area (Å²) in [5, 5.41) is 4.45. The van der Waals surface area contributed by atoms with Crippen LogP contribution in [0.25, 0.3) is 10.1 Å². The molecule has 0 saturated carbocycles. The molecule has 2 aromatic rings. The molecule has 96 valence electrons. The normalized spacial score (nSPS) is 18.1. The summed E-state index contributed by atoms with van der Waals surface area (Å²) in [7, 11) is 0. The minimum atomic E-state index is 0.901. The number of benzene rings is 1. The molecule has 3 rings (SSSR count). The second-order valence-corrected chi connectivity index (χ2v) is 6.38. The summed E-state index contributed by atoms with van der Waals surface area (Å²) in [6.45, 7) is 3.54. The summed E-state index contributed by atoms with van der Waals surface area (Å²) < 4.78 is 1.31. The van der Waals surface area contributed by atoms with Crippen LogP contribution in [0.3, 0.4) is 0 Å². The molecule has 0 bridgehead atoms. The van der Waals surface area contributed by atoms with Crippen molar-refractivity contribution in [1.82, 2.24) is 4.90 Å². The van der Waals surface area contributed by atoms with Crippen LogP contribution in [-0.4, -0.2) is 18.0 Å². The first-order valence-corrected chi connectivity index (χ1v) is 7.97. The van der Waals surface area contributed by atoms with Gasteiger partial charge < -0.3 is 0 Å². The monoisotopic (exact) mass is 279 g/mol. The minimum Gasteiger partial charge on any atom is -0.299 e. The molecule has 1 aliphatic rings. The van der Waals surface area contributed by atoms with Crippen LogP contribution in [0, 0.1) is 0 Å². The Morgan fingerprint density at radius 1 is 1.11 bits per heavy atom. The molecule has 1 fully saturated rings. The van der Waals surface area contributed by atoms with Crippen molar-refractivity contribution in [2.75, 3.05) is 13.1 Å². The first kappa shape index (κ1) is 12.5. The fourth-order valence-electron chi connectivity index (χ4n) is 2.76. The first-order chi connectivity index (χ1) is 8.84. The molecule has 1 aromatic heterocycles. The van der Waals surface area contributed by atoms with Crippen molar-refractivity contribution < 1.29 is 0 Å². The van der Waals surface area contributed by atoms with Gasteiger partial charge in [0.25, 0.3) is 0 Å². The highest BCUT2D eigenvalue weighted by Crippen LogP contribution is 2.33. The van der Waals surface area contributed by atoms with Gasteiger partial charge in [0.1, 0.15) is 0 Å². The molecule has 0 aliphatic carbocycles. The number of hydrogen-bond acceptors (Lipinski definition) is 2. The Morgan fingerprint density at radius 3 is 2.67 bits per heavy atom. The van der Waals surface area contributed by atoms with E-state index >= 15 is 0 Å². The molecule has 1 nitrogen and oxygen atoms in total. The van der Waals surface area contributed by atoms with Gasteiger partial charge in [-0.1, -0.05) is 30.5 Å². The van der Waals surface area contributed by atoms with Gasteiger partial charge in [0.05, 0.1) is 0 Å². The lowest BCUT2D eigenvalue weighted by molar-refractivity contribution is 0.278. The molecule has 18 heavy (non-hydrogen) atoms. The van der Waals surface area contributed by atoms with Crippen LogP contribution in [0.15, 0.2) is 23.6 Å². The van der Waals surface area contributed by atoms with Crippen LogP contribution in [-0.2, 0) is 6.54 Å². The van der Waals surface area contributed by atoms with Crippen molar-refractivity contribution in [2.45, 2.75) is 32.2 Å². The average molecular weight is 280 g/mol. The standard InChI is InChI=1S/C15H18ClNS/c16-13-6-5-7-14-15(13)12(11-18-14)10-17-8-3-1-2-4-9-17/h5-7,11H,1-4,8-10H2. The van der Waals surface area contributed by atoms with E-state index in [1.165, 1.54) is 54.4 Å². The van der Waals surface area contributed by atoms with E-state index in [4.69, 9.17) is 11.6 Å². The van der Waals surface area contributed by atoms with E-state index in [0.29, 0.717) is 0 Å². The minimum absolute atomic E-state index is 0.901. The summed E-state index contributed by atoms with van der Waals surface area (Å²) in [6.07, 6.45) is 5.47. The number of hydrogen-bond donors (Lipinski definition) is 0. The van der Waals surface area contributed by atoms with Crippen LogP contribution in [0.2, 0.25) is 5.02 Å². The van der Waals surface area contributed by atoms with Gasteiger partial charge in [0, 0.05) is 21.7 Å². The lowest BCUT2D eigenvalue weighted by Crippen LogP contribution is -2.23. The Balaban J connectivity index is 1.85. The molecule has 1 saturated heterocycles. The Hall–Kier alpha value is -0.570. The molecule has 1 aromatic carbocycles. The number of thiophene rings is 1. The molecule has 0 N–H and O–H groups in total. The molecule has 3 heteroatoms. The van der Waals surface area contributed by atoms with Gasteiger partial charge in [0.15, 0.2) is 0 Å². The van der Waals surface area contributed by atoms with Gasteiger partial charge in [-0.15, -0.1) is 11.3 Å². The second kappa shape index (κ2) is 5.60. The lowest BCUT2D eigenvalue weighted by atomic mass is 10.1. The molecular formula is C15H18ClNS. The summed E-state index contributed by atoms with van der Waals surface area (Å²) in [5.74, 6) is 0. The van der Waals surface area contributed by atoms with E-state index in [1.54, 1.807) is 0 Å². The fourth-order valence-corrected chi connectivity index (χ4v) is 4.09. The van der Waals surface area contributed by atoms with Crippen molar-refractivity contribution in [3.63, 3.8) is 0 Å². The van der Waals surface area contributed by atoms with Crippen LogP contribution in [0.5, 0.6) is 0 Å². The Morgan fingerprint density at radius 2 is 1.89 bits per heavy atom. The summed E-state index contributed by atoms with van der Waals surface area (Å²) in [6, 6.07) is 6.21. The van der Waals surface area contributed by atoms with Crippen molar-refractivity contribution in [3.8, 4) is 0 Å². The zero-order valence-electron chi connectivity index (χ0n) is 10.5. The first-order valence-electron chi connectivity index (χ1n) is 6.71. The summed E-state index contributed by atoms with van der Waals surface area (Å²) in [5.41, 5.74) is 1.41. The van der Waals surface area contributed by atoms with Crippen molar-refractivity contribution in [1.29, 1.82) is 0 Å². The van der Waals surface area contributed by atoms with Gasteiger partial charge >= 0.3 is 0 Å². The van der Waals surface area contributed by atoms with Crippen LogP contribution >= 0.6 is 22.9 Å². The highest BCUT2D eigenvalue weighted by molar-refractivity contribution is 7.17. The van der Waals surface area contributed by atoms with Gasteiger partial charge in [0.2, 0.25) is 0 Å². The third-order valence-electron chi connectivity index (χ3n) is 3.72. The molecule has 0 unspecified atom stereocenters. The Bertz CT molecular complexity index is 526. The van der Waals surface area contributed by atoms with Crippen molar-refractivity contribution in [2.24, 2.45) is 0 Å². The number of likely N-dealkylation sites (tertiary alicyclic amines) is 1. The number of fused-ring (bicyclic) bond motifs is 1. The molecular weight excluding hydrogens is 262 g/mol. The zero-order chi connectivity index (χ0) is 12.4. The van der Waals surface area contributed by atoms with E-state index < -0.39 is 0 Å². The Kier molecular flexibility index (Phi) is 3.88. The molecule has 2 heterocycles. The topological polar surface area (TPSA) is 3.24 Å².